The number of nitrogens with one attached hydrogen (secondary N) is 3. The number of alkyl carbamates (subject to hydrolysis) is 1. The van der Waals surface area contributed by atoms with Crippen molar-refractivity contribution in [2.75, 3.05) is 6.61 Å². The maximum Gasteiger partial charge on any atom is 0.408 e. The first-order chi connectivity index (χ1) is 12.4. The molecule has 1 heterocycles. The van der Waals surface area contributed by atoms with Gasteiger partial charge in [-0.15, -0.1) is 0 Å². The Balaban J connectivity index is 2.97. The normalized spacial score (nSPS) is 26.0. The fraction of sp³-hybridized carbons (Fsp3) is 0.667. The second kappa shape index (κ2) is 9.38. The molecule has 0 fully saturated rings. The van der Waals surface area contributed by atoms with Crippen LogP contribution in [-0.4, -0.2) is 54.2 Å². The second-order valence-corrected chi connectivity index (χ2v) is 7.70. The summed E-state index contributed by atoms with van der Waals surface area (Å²) in [6.07, 6.45) is 1.86. The maximum atomic E-state index is 12.3. The minimum Gasteiger partial charge on any atom is -0.462 e. The van der Waals surface area contributed by atoms with Gasteiger partial charge in [0.15, 0.2) is 0 Å². The van der Waals surface area contributed by atoms with Gasteiger partial charge in [0.05, 0.1) is 6.04 Å². The van der Waals surface area contributed by atoms with Gasteiger partial charge in [0.1, 0.15) is 24.3 Å². The Labute approximate surface area is 159 Å². The lowest BCUT2D eigenvalue weighted by Gasteiger charge is -2.25. The predicted molar refractivity (Wildman–Crippen MR) is 97.6 cm³/mol. The van der Waals surface area contributed by atoms with Crippen molar-refractivity contribution in [3.63, 3.8) is 0 Å². The van der Waals surface area contributed by atoms with Gasteiger partial charge in [0, 0.05) is 6.08 Å². The van der Waals surface area contributed by atoms with E-state index in [4.69, 9.17) is 9.47 Å². The van der Waals surface area contributed by atoms with Crippen LogP contribution in [-0.2, 0) is 23.9 Å². The Kier molecular flexibility index (Phi) is 7.81. The van der Waals surface area contributed by atoms with Gasteiger partial charge in [-0.25, -0.2) is 9.59 Å². The number of cyclic esters (lactones) is 1. The van der Waals surface area contributed by atoms with E-state index in [0.29, 0.717) is 0 Å². The molecule has 152 valence electrons. The number of ether oxygens (including phenoxy) is 2. The maximum absolute atomic E-state index is 12.3. The molecule has 0 aromatic heterocycles. The smallest absolute Gasteiger partial charge is 0.408 e. The summed E-state index contributed by atoms with van der Waals surface area (Å²) in [7, 11) is 0. The summed E-state index contributed by atoms with van der Waals surface area (Å²) in [6, 6.07) is -2.48. The van der Waals surface area contributed by atoms with E-state index in [-0.39, 0.29) is 12.5 Å². The molecular weight excluding hydrogens is 354 g/mol. The largest absolute Gasteiger partial charge is 0.462 e. The molecule has 27 heavy (non-hydrogen) atoms. The van der Waals surface area contributed by atoms with Crippen LogP contribution >= 0.6 is 0 Å². The lowest BCUT2D eigenvalue weighted by atomic mass is 10.0. The summed E-state index contributed by atoms with van der Waals surface area (Å²) in [6.45, 7) is 9.97. The van der Waals surface area contributed by atoms with E-state index in [0.717, 1.165) is 0 Å². The van der Waals surface area contributed by atoms with Gasteiger partial charge in [-0.05, 0) is 33.6 Å². The van der Waals surface area contributed by atoms with Gasteiger partial charge in [-0.1, -0.05) is 19.9 Å². The number of hydrogen-bond donors (Lipinski definition) is 3. The monoisotopic (exact) mass is 383 g/mol. The first-order valence-corrected chi connectivity index (χ1v) is 8.84. The number of hydrogen-bond acceptors (Lipinski definition) is 6. The highest BCUT2D eigenvalue weighted by Gasteiger charge is 2.28. The van der Waals surface area contributed by atoms with Crippen LogP contribution < -0.4 is 16.0 Å². The topological polar surface area (TPSA) is 123 Å². The number of amides is 3. The van der Waals surface area contributed by atoms with Crippen molar-refractivity contribution in [1.82, 2.24) is 16.0 Å². The number of carbonyl (C=O) groups excluding carboxylic acids is 4. The van der Waals surface area contributed by atoms with Crippen molar-refractivity contribution in [3.05, 3.63) is 12.2 Å². The molecule has 3 N–H and O–H groups in total. The van der Waals surface area contributed by atoms with Crippen molar-refractivity contribution in [2.24, 2.45) is 5.92 Å². The third-order valence-electron chi connectivity index (χ3n) is 3.55. The average molecular weight is 383 g/mol. The van der Waals surface area contributed by atoms with Gasteiger partial charge < -0.3 is 25.4 Å². The van der Waals surface area contributed by atoms with Crippen LogP contribution in [0.25, 0.3) is 0 Å². The van der Waals surface area contributed by atoms with Crippen LogP contribution in [0.15, 0.2) is 12.2 Å². The minimum absolute atomic E-state index is 0.191. The summed E-state index contributed by atoms with van der Waals surface area (Å²) in [5, 5.41) is 7.65. The Morgan fingerprint density at radius 2 is 1.89 bits per heavy atom. The Bertz CT molecular complexity index is 609. The van der Waals surface area contributed by atoms with Crippen LogP contribution in [0.2, 0.25) is 0 Å². The highest BCUT2D eigenvalue weighted by Crippen LogP contribution is 2.08. The van der Waals surface area contributed by atoms with Crippen LogP contribution in [0.4, 0.5) is 4.79 Å². The minimum atomic E-state index is -0.902. The molecule has 1 rings (SSSR count). The number of carbonyl (C=O) groups is 4. The van der Waals surface area contributed by atoms with E-state index in [2.05, 4.69) is 16.0 Å². The first-order valence-electron chi connectivity index (χ1n) is 8.84. The molecule has 0 aromatic carbocycles. The quantitative estimate of drug-likeness (QED) is 0.601. The number of esters is 1. The molecule has 0 aliphatic carbocycles. The molecule has 0 bridgehead atoms. The Morgan fingerprint density at radius 1 is 1.26 bits per heavy atom. The lowest BCUT2D eigenvalue weighted by molar-refractivity contribution is -0.148. The van der Waals surface area contributed by atoms with Crippen molar-refractivity contribution >= 4 is 23.9 Å². The van der Waals surface area contributed by atoms with Gasteiger partial charge >= 0.3 is 12.1 Å². The molecule has 0 unspecified atom stereocenters. The molecular formula is C18H29N3O6. The summed E-state index contributed by atoms with van der Waals surface area (Å²) < 4.78 is 10.3. The van der Waals surface area contributed by atoms with E-state index in [1.54, 1.807) is 34.6 Å². The first kappa shape index (κ1) is 22.5. The third-order valence-corrected chi connectivity index (χ3v) is 3.55. The molecule has 0 saturated carbocycles. The van der Waals surface area contributed by atoms with Crippen LogP contribution in [0.5, 0.6) is 0 Å². The summed E-state index contributed by atoms with van der Waals surface area (Å²) in [4.78, 5) is 48.5. The molecule has 1 aliphatic rings. The van der Waals surface area contributed by atoms with E-state index in [1.807, 2.05) is 0 Å². The van der Waals surface area contributed by atoms with E-state index in [9.17, 15) is 19.2 Å². The van der Waals surface area contributed by atoms with Gasteiger partial charge in [-0.3, -0.25) is 9.59 Å². The number of rotatable bonds is 2. The molecule has 0 saturated heterocycles. The summed E-state index contributed by atoms with van der Waals surface area (Å²) in [5.41, 5.74) is -0.698. The van der Waals surface area contributed by atoms with E-state index >= 15 is 0 Å². The van der Waals surface area contributed by atoms with Crippen molar-refractivity contribution in [1.29, 1.82) is 0 Å². The van der Waals surface area contributed by atoms with Gasteiger partial charge in [0.25, 0.3) is 0 Å². The molecule has 0 radical (unpaired) electrons. The van der Waals surface area contributed by atoms with Gasteiger partial charge in [0.2, 0.25) is 11.8 Å². The van der Waals surface area contributed by atoms with Crippen molar-refractivity contribution < 1.29 is 28.7 Å². The highest BCUT2D eigenvalue weighted by molar-refractivity contribution is 5.94. The molecule has 1 aliphatic heterocycles. The van der Waals surface area contributed by atoms with Crippen LogP contribution in [0.3, 0.4) is 0 Å². The molecule has 3 atom stereocenters. The molecule has 0 aromatic rings. The van der Waals surface area contributed by atoms with E-state index < -0.39 is 47.6 Å². The molecule has 0 spiro atoms. The average Bonchev–Trinajstić information content (AvgIpc) is 2.51. The Hall–Kier alpha value is -2.58. The van der Waals surface area contributed by atoms with Gasteiger partial charge in [-0.2, -0.15) is 0 Å². The third kappa shape index (κ3) is 8.10. The summed E-state index contributed by atoms with van der Waals surface area (Å²) >= 11 is 0. The molecule has 9 heteroatoms. The molecule has 9 nitrogen and oxygen atoms in total. The van der Waals surface area contributed by atoms with Crippen molar-refractivity contribution in [3.8, 4) is 0 Å². The van der Waals surface area contributed by atoms with Crippen LogP contribution in [0.1, 0.15) is 41.5 Å². The standard InChI is InChI=1S/C18H29N3O6/c1-10(2)14-15(23)19-11(3)16(24)26-9-12(7-8-13(22)21-14)20-17(25)27-18(4,5)6/h7-8,10-12,14H,9H2,1-6H3,(H,19,23)(H,20,25)(H,21,22)/b8-7-/t11-,12+,14-/m0/s1. The second-order valence-electron chi connectivity index (χ2n) is 7.70. The fourth-order valence-electron chi connectivity index (χ4n) is 2.20. The van der Waals surface area contributed by atoms with Crippen molar-refractivity contribution in [2.45, 2.75) is 65.3 Å². The van der Waals surface area contributed by atoms with Crippen LogP contribution in [0, 0.1) is 5.92 Å². The molecule has 3 amide bonds. The lowest BCUT2D eigenvalue weighted by Crippen LogP contribution is -2.53. The summed E-state index contributed by atoms with van der Waals surface area (Å²) in [5.74, 6) is -1.81. The fourth-order valence-corrected chi connectivity index (χ4v) is 2.20. The van der Waals surface area contributed by atoms with E-state index in [1.165, 1.54) is 19.1 Å². The zero-order chi connectivity index (χ0) is 20.8. The zero-order valence-electron chi connectivity index (χ0n) is 16.6. The zero-order valence-corrected chi connectivity index (χ0v) is 16.6. The predicted octanol–water partition coefficient (Wildman–Crippen LogP) is 0.638. The highest BCUT2D eigenvalue weighted by atomic mass is 16.6. The SMILES string of the molecule is CC(C)[C@@H]1NC(=O)/C=C\[C@@H](NC(=O)OC(C)(C)C)COC(=O)[C@H](C)NC1=O. The Morgan fingerprint density at radius 3 is 2.44 bits per heavy atom.